The van der Waals surface area contributed by atoms with Crippen LogP contribution in [0.15, 0.2) is 58.9 Å². The molecular weight excluding hydrogens is 501 g/mol. The molecule has 0 spiro atoms. The van der Waals surface area contributed by atoms with Crippen molar-refractivity contribution in [1.82, 2.24) is 14.8 Å². The number of hydrogen-bond acceptors (Lipinski definition) is 8. The van der Waals surface area contributed by atoms with Crippen molar-refractivity contribution in [2.75, 3.05) is 18.2 Å². The second-order valence-corrected chi connectivity index (χ2v) is 10.6. The Hall–Kier alpha value is -3.21. The molecule has 1 N–H and O–H groups in total. The highest BCUT2D eigenvalue weighted by Crippen LogP contribution is 2.36. The number of carbonyl (C=O) groups excluding carboxylic acids is 2. The Labute approximate surface area is 215 Å². The second kappa shape index (κ2) is 11.0. The molecule has 1 aromatic carbocycles. The summed E-state index contributed by atoms with van der Waals surface area (Å²) in [6, 6.07) is 9.92. The Bertz CT molecular complexity index is 1370. The SMILES string of the molecule is C=CCn1c(SCC(=O)Nc2scc(-c3ccc(C)cc3)c2C(=O)OC)nnc1-c1csc(C)c1. The molecule has 3 heterocycles. The van der Waals surface area contributed by atoms with Gasteiger partial charge in [0.1, 0.15) is 10.6 Å². The number of amides is 1. The van der Waals surface area contributed by atoms with Crippen LogP contribution in [-0.4, -0.2) is 39.5 Å². The molecule has 3 aromatic heterocycles. The molecule has 0 aliphatic heterocycles. The monoisotopic (exact) mass is 524 g/mol. The van der Waals surface area contributed by atoms with Crippen LogP contribution in [-0.2, 0) is 16.1 Å². The van der Waals surface area contributed by atoms with Gasteiger partial charge < -0.3 is 10.1 Å². The molecule has 0 unspecified atom stereocenters. The van der Waals surface area contributed by atoms with Crippen molar-refractivity contribution >= 4 is 51.3 Å². The topological polar surface area (TPSA) is 86.1 Å². The lowest BCUT2D eigenvalue weighted by Crippen LogP contribution is -2.16. The molecule has 7 nitrogen and oxygen atoms in total. The number of allylic oxidation sites excluding steroid dienone is 1. The molecule has 0 aliphatic carbocycles. The fraction of sp³-hybridized carbons (Fsp3) is 0.200. The molecule has 4 aromatic rings. The summed E-state index contributed by atoms with van der Waals surface area (Å²) in [6.07, 6.45) is 1.77. The van der Waals surface area contributed by atoms with Gasteiger partial charge in [-0.2, -0.15) is 0 Å². The molecule has 0 atom stereocenters. The van der Waals surface area contributed by atoms with E-state index in [0.29, 0.717) is 22.3 Å². The summed E-state index contributed by atoms with van der Waals surface area (Å²) < 4.78 is 6.94. The number of methoxy groups -OCH3 is 1. The highest BCUT2D eigenvalue weighted by molar-refractivity contribution is 7.99. The zero-order chi connectivity index (χ0) is 24.9. The lowest BCUT2D eigenvalue weighted by molar-refractivity contribution is -0.113. The van der Waals surface area contributed by atoms with Crippen molar-refractivity contribution in [1.29, 1.82) is 0 Å². The number of esters is 1. The van der Waals surface area contributed by atoms with Crippen molar-refractivity contribution < 1.29 is 14.3 Å². The van der Waals surface area contributed by atoms with E-state index in [4.69, 9.17) is 4.74 Å². The standard InChI is InChI=1S/C25H24N4O3S3/c1-5-10-29-22(18-11-16(3)33-12-18)27-28-25(29)35-14-20(30)26-23-21(24(31)32-4)19(13-34-23)17-8-6-15(2)7-9-17/h5-9,11-13H,1,10,14H2,2-4H3,(H,26,30). The van der Waals surface area contributed by atoms with Gasteiger partial charge in [0, 0.05) is 33.3 Å². The van der Waals surface area contributed by atoms with Crippen LogP contribution >= 0.6 is 34.4 Å². The molecule has 0 saturated heterocycles. The molecule has 4 rings (SSSR count). The highest BCUT2D eigenvalue weighted by Gasteiger charge is 2.23. The summed E-state index contributed by atoms with van der Waals surface area (Å²) in [7, 11) is 1.33. The molecule has 10 heteroatoms. The number of rotatable bonds is 9. The van der Waals surface area contributed by atoms with E-state index in [1.165, 1.54) is 35.1 Å². The lowest BCUT2D eigenvalue weighted by Gasteiger charge is -2.09. The number of hydrogen-bond donors (Lipinski definition) is 1. The normalized spacial score (nSPS) is 10.8. The average molecular weight is 525 g/mol. The minimum atomic E-state index is -0.494. The quantitative estimate of drug-likeness (QED) is 0.163. The number of thioether (sulfide) groups is 1. The van der Waals surface area contributed by atoms with Gasteiger partial charge in [-0.25, -0.2) is 4.79 Å². The van der Waals surface area contributed by atoms with Gasteiger partial charge in [-0.15, -0.1) is 39.4 Å². The van der Waals surface area contributed by atoms with E-state index in [-0.39, 0.29) is 11.7 Å². The summed E-state index contributed by atoms with van der Waals surface area (Å²) in [5.74, 6) is 0.104. The van der Waals surface area contributed by atoms with Crippen LogP contribution in [0.3, 0.4) is 0 Å². The van der Waals surface area contributed by atoms with Gasteiger partial charge in [-0.3, -0.25) is 9.36 Å². The van der Waals surface area contributed by atoms with Crippen molar-refractivity contribution in [3.63, 3.8) is 0 Å². The van der Waals surface area contributed by atoms with Crippen LogP contribution < -0.4 is 5.32 Å². The first-order valence-corrected chi connectivity index (χ1v) is 13.4. The maximum absolute atomic E-state index is 12.8. The zero-order valence-electron chi connectivity index (χ0n) is 19.5. The number of carbonyl (C=O) groups is 2. The first kappa shape index (κ1) is 24.9. The third kappa shape index (κ3) is 5.55. The Kier molecular flexibility index (Phi) is 7.84. The van der Waals surface area contributed by atoms with Crippen LogP contribution in [0.1, 0.15) is 20.8 Å². The van der Waals surface area contributed by atoms with E-state index in [9.17, 15) is 9.59 Å². The summed E-state index contributed by atoms with van der Waals surface area (Å²) >= 11 is 4.23. The smallest absolute Gasteiger partial charge is 0.341 e. The number of nitrogens with zero attached hydrogens (tertiary/aromatic N) is 3. The fourth-order valence-electron chi connectivity index (χ4n) is 3.46. The third-order valence-corrected chi connectivity index (χ3v) is 7.87. The number of aromatic nitrogens is 3. The predicted molar refractivity (Wildman–Crippen MR) is 143 cm³/mol. The van der Waals surface area contributed by atoms with Crippen molar-refractivity contribution in [2.24, 2.45) is 0 Å². The van der Waals surface area contributed by atoms with E-state index in [0.717, 1.165) is 28.1 Å². The van der Waals surface area contributed by atoms with Crippen LogP contribution in [0.5, 0.6) is 0 Å². The number of ether oxygens (including phenoxy) is 1. The third-order valence-electron chi connectivity index (χ3n) is 5.15. The van der Waals surface area contributed by atoms with Crippen LogP contribution in [0.4, 0.5) is 5.00 Å². The van der Waals surface area contributed by atoms with E-state index in [2.05, 4.69) is 28.2 Å². The minimum Gasteiger partial charge on any atom is -0.465 e. The van der Waals surface area contributed by atoms with Crippen molar-refractivity contribution in [3.05, 3.63) is 69.8 Å². The van der Waals surface area contributed by atoms with Crippen LogP contribution in [0.2, 0.25) is 0 Å². The van der Waals surface area contributed by atoms with E-state index < -0.39 is 5.97 Å². The molecule has 180 valence electrons. The molecule has 0 saturated carbocycles. The van der Waals surface area contributed by atoms with E-state index in [1.54, 1.807) is 17.4 Å². The van der Waals surface area contributed by atoms with Gasteiger partial charge in [0.05, 0.1) is 12.9 Å². The van der Waals surface area contributed by atoms with Gasteiger partial charge >= 0.3 is 5.97 Å². The highest BCUT2D eigenvalue weighted by atomic mass is 32.2. The fourth-order valence-corrected chi connectivity index (χ4v) is 5.86. The molecule has 0 aliphatic rings. The molecular formula is C25H24N4O3S3. The van der Waals surface area contributed by atoms with Gasteiger partial charge in [0.2, 0.25) is 5.91 Å². The first-order chi connectivity index (χ1) is 16.9. The number of thiophene rings is 2. The van der Waals surface area contributed by atoms with Gasteiger partial charge in [-0.05, 0) is 25.5 Å². The second-order valence-electron chi connectivity index (χ2n) is 7.70. The summed E-state index contributed by atoms with van der Waals surface area (Å²) in [5, 5.41) is 16.5. The molecule has 35 heavy (non-hydrogen) atoms. The lowest BCUT2D eigenvalue weighted by atomic mass is 10.0. The van der Waals surface area contributed by atoms with Crippen LogP contribution in [0.25, 0.3) is 22.5 Å². The van der Waals surface area contributed by atoms with Crippen molar-refractivity contribution in [3.8, 4) is 22.5 Å². The average Bonchev–Trinajstić information content (AvgIpc) is 3.57. The van der Waals surface area contributed by atoms with E-state index >= 15 is 0 Å². The Balaban J connectivity index is 1.51. The number of nitrogens with one attached hydrogen (secondary N) is 1. The van der Waals surface area contributed by atoms with Crippen molar-refractivity contribution in [2.45, 2.75) is 25.5 Å². The Morgan fingerprint density at radius 3 is 2.57 bits per heavy atom. The van der Waals surface area contributed by atoms with Crippen LogP contribution in [0, 0.1) is 13.8 Å². The number of anilines is 1. The van der Waals surface area contributed by atoms with Gasteiger partial charge in [0.15, 0.2) is 11.0 Å². The largest absolute Gasteiger partial charge is 0.465 e. The van der Waals surface area contributed by atoms with Gasteiger partial charge in [0.25, 0.3) is 0 Å². The summed E-state index contributed by atoms with van der Waals surface area (Å²) in [4.78, 5) is 26.6. The molecule has 0 fully saturated rings. The molecule has 0 bridgehead atoms. The Morgan fingerprint density at radius 2 is 1.91 bits per heavy atom. The van der Waals surface area contributed by atoms with Gasteiger partial charge in [-0.1, -0.05) is 47.7 Å². The number of aryl methyl sites for hydroxylation is 2. The predicted octanol–water partition coefficient (Wildman–Crippen LogP) is 6.06. The number of benzene rings is 1. The molecule has 1 amide bonds. The maximum atomic E-state index is 12.8. The minimum absolute atomic E-state index is 0.107. The summed E-state index contributed by atoms with van der Waals surface area (Å²) in [5.41, 5.74) is 4.07. The zero-order valence-corrected chi connectivity index (χ0v) is 22.0. The van der Waals surface area contributed by atoms with E-state index in [1.807, 2.05) is 53.4 Å². The Morgan fingerprint density at radius 1 is 1.14 bits per heavy atom. The first-order valence-electron chi connectivity index (χ1n) is 10.7. The maximum Gasteiger partial charge on any atom is 0.341 e. The molecule has 0 radical (unpaired) electrons. The summed E-state index contributed by atoms with van der Waals surface area (Å²) in [6.45, 7) is 8.40.